The number of rotatable bonds is 6. The van der Waals surface area contributed by atoms with Crippen LogP contribution < -0.4 is 14.2 Å². The average Bonchev–Trinajstić information content (AvgIpc) is 2.68. The number of carbonyl (C=O) groups is 1. The molecule has 0 saturated carbocycles. The fourth-order valence-corrected chi connectivity index (χ4v) is 2.88. The lowest BCUT2D eigenvalue weighted by Crippen LogP contribution is -2.17. The first-order valence-electron chi connectivity index (χ1n) is 8.36. The summed E-state index contributed by atoms with van der Waals surface area (Å²) in [5, 5.41) is 0.0479. The van der Waals surface area contributed by atoms with Gasteiger partial charge in [0.05, 0.1) is 12.7 Å². The van der Waals surface area contributed by atoms with Gasteiger partial charge in [0.1, 0.15) is 23.6 Å². The van der Waals surface area contributed by atoms with E-state index in [9.17, 15) is 22.4 Å². The van der Waals surface area contributed by atoms with Crippen LogP contribution in [-0.2, 0) is 0 Å². The number of methoxy groups -OCH3 is 1. The summed E-state index contributed by atoms with van der Waals surface area (Å²) in [5.74, 6) is -1.25. The van der Waals surface area contributed by atoms with Gasteiger partial charge in [0.2, 0.25) is 0 Å². The average molecular weight is 441 g/mol. The maximum Gasteiger partial charge on any atom is 0.573 e. The van der Waals surface area contributed by atoms with Crippen LogP contribution in [0.2, 0.25) is 5.02 Å². The zero-order valence-electron chi connectivity index (χ0n) is 15.3. The fourth-order valence-electron chi connectivity index (χ4n) is 2.69. The zero-order chi connectivity index (χ0) is 21.9. The van der Waals surface area contributed by atoms with Crippen LogP contribution in [0.1, 0.15) is 10.4 Å². The van der Waals surface area contributed by atoms with Gasteiger partial charge in [-0.3, -0.25) is 4.79 Å². The molecule has 156 valence electrons. The van der Waals surface area contributed by atoms with Crippen LogP contribution >= 0.6 is 11.6 Å². The van der Waals surface area contributed by atoms with E-state index in [1.54, 1.807) is 0 Å². The van der Waals surface area contributed by atoms with Gasteiger partial charge in [-0.15, -0.1) is 13.2 Å². The Balaban J connectivity index is 2.03. The first kappa shape index (κ1) is 21.4. The summed E-state index contributed by atoms with van der Waals surface area (Å²) in [6.07, 6.45) is -4.22. The molecule has 0 aromatic heterocycles. The molecule has 0 spiro atoms. The third-order valence-electron chi connectivity index (χ3n) is 3.94. The molecule has 0 aliphatic rings. The van der Waals surface area contributed by atoms with Crippen LogP contribution in [0.4, 0.5) is 17.6 Å². The first-order valence-corrected chi connectivity index (χ1v) is 8.74. The minimum absolute atomic E-state index is 0.00152. The SMILES string of the molecule is COc1cc(OC(F)(F)F)ccc1Oc1cc(Cl)cc(F)c1-c1ccc(C=O)cc1. The predicted molar refractivity (Wildman–Crippen MR) is 102 cm³/mol. The second-order valence-electron chi connectivity index (χ2n) is 5.96. The van der Waals surface area contributed by atoms with Crippen molar-refractivity contribution in [3.8, 4) is 34.1 Å². The van der Waals surface area contributed by atoms with Crippen molar-refractivity contribution in [2.24, 2.45) is 0 Å². The second-order valence-corrected chi connectivity index (χ2v) is 6.40. The number of aldehydes is 1. The number of halogens is 5. The minimum atomic E-state index is -4.87. The number of benzene rings is 3. The highest BCUT2D eigenvalue weighted by Gasteiger charge is 2.31. The molecule has 0 heterocycles. The van der Waals surface area contributed by atoms with Gasteiger partial charge >= 0.3 is 6.36 Å². The molecule has 0 atom stereocenters. The van der Waals surface area contributed by atoms with Gasteiger partial charge in [-0.2, -0.15) is 0 Å². The Morgan fingerprint density at radius 1 is 0.933 bits per heavy atom. The molecule has 0 N–H and O–H groups in total. The van der Waals surface area contributed by atoms with Crippen molar-refractivity contribution in [2.75, 3.05) is 7.11 Å². The van der Waals surface area contributed by atoms with Gasteiger partial charge in [-0.05, 0) is 23.8 Å². The Kier molecular flexibility index (Phi) is 6.17. The van der Waals surface area contributed by atoms with Gasteiger partial charge in [0, 0.05) is 22.7 Å². The van der Waals surface area contributed by atoms with Crippen molar-refractivity contribution in [1.82, 2.24) is 0 Å². The van der Waals surface area contributed by atoms with Crippen LogP contribution in [0, 0.1) is 5.82 Å². The van der Waals surface area contributed by atoms with E-state index in [-0.39, 0.29) is 27.8 Å². The highest BCUT2D eigenvalue weighted by Crippen LogP contribution is 2.42. The smallest absolute Gasteiger partial charge is 0.493 e. The zero-order valence-corrected chi connectivity index (χ0v) is 16.1. The van der Waals surface area contributed by atoms with E-state index >= 15 is 0 Å². The van der Waals surface area contributed by atoms with E-state index in [1.165, 1.54) is 43.5 Å². The van der Waals surface area contributed by atoms with E-state index < -0.39 is 17.9 Å². The highest BCUT2D eigenvalue weighted by atomic mass is 35.5. The minimum Gasteiger partial charge on any atom is -0.493 e. The summed E-state index contributed by atoms with van der Waals surface area (Å²) in [4.78, 5) is 10.8. The summed E-state index contributed by atoms with van der Waals surface area (Å²) in [5.41, 5.74) is 0.854. The Labute approximate surface area is 173 Å². The summed E-state index contributed by atoms with van der Waals surface area (Å²) < 4.78 is 66.7. The summed E-state index contributed by atoms with van der Waals surface area (Å²) in [7, 11) is 1.23. The number of carbonyl (C=O) groups excluding carboxylic acids is 1. The van der Waals surface area contributed by atoms with Gasteiger partial charge in [0.25, 0.3) is 0 Å². The molecule has 0 aliphatic carbocycles. The summed E-state index contributed by atoms with van der Waals surface area (Å²) >= 11 is 5.95. The Morgan fingerprint density at radius 3 is 2.23 bits per heavy atom. The summed E-state index contributed by atoms with van der Waals surface area (Å²) in [6, 6.07) is 11.7. The lowest BCUT2D eigenvalue weighted by atomic mass is 10.0. The van der Waals surface area contributed by atoms with Crippen LogP contribution in [0.3, 0.4) is 0 Å². The third-order valence-corrected chi connectivity index (χ3v) is 4.16. The normalized spacial score (nSPS) is 11.1. The molecule has 0 saturated heterocycles. The lowest BCUT2D eigenvalue weighted by Gasteiger charge is -2.16. The molecule has 0 aliphatic heterocycles. The molecule has 30 heavy (non-hydrogen) atoms. The van der Waals surface area contributed by atoms with E-state index in [0.29, 0.717) is 17.4 Å². The molecule has 0 radical (unpaired) electrons. The maximum atomic E-state index is 14.7. The quantitative estimate of drug-likeness (QED) is 0.317. The second kappa shape index (κ2) is 8.62. The van der Waals surface area contributed by atoms with Crippen LogP contribution in [0.15, 0.2) is 54.6 Å². The highest BCUT2D eigenvalue weighted by molar-refractivity contribution is 6.30. The molecule has 3 rings (SSSR count). The molecule has 3 aromatic rings. The van der Waals surface area contributed by atoms with E-state index in [4.69, 9.17) is 21.1 Å². The van der Waals surface area contributed by atoms with Crippen molar-refractivity contribution in [2.45, 2.75) is 6.36 Å². The lowest BCUT2D eigenvalue weighted by molar-refractivity contribution is -0.274. The van der Waals surface area contributed by atoms with Crippen molar-refractivity contribution in [1.29, 1.82) is 0 Å². The maximum absolute atomic E-state index is 14.7. The number of hydrogen-bond donors (Lipinski definition) is 0. The topological polar surface area (TPSA) is 44.8 Å². The van der Waals surface area contributed by atoms with Gasteiger partial charge < -0.3 is 14.2 Å². The van der Waals surface area contributed by atoms with Gasteiger partial charge in [-0.25, -0.2) is 4.39 Å². The third kappa shape index (κ3) is 5.01. The molecule has 0 bridgehead atoms. The van der Waals surface area contributed by atoms with E-state index in [0.717, 1.165) is 18.2 Å². The van der Waals surface area contributed by atoms with Crippen LogP contribution in [-0.4, -0.2) is 19.8 Å². The predicted octanol–water partition coefficient (Wildman–Crippen LogP) is 6.66. The first-order chi connectivity index (χ1) is 14.2. The molecule has 9 heteroatoms. The number of ether oxygens (including phenoxy) is 3. The molecule has 4 nitrogen and oxygen atoms in total. The van der Waals surface area contributed by atoms with Crippen molar-refractivity contribution >= 4 is 17.9 Å². The summed E-state index contributed by atoms with van der Waals surface area (Å²) in [6.45, 7) is 0. The van der Waals surface area contributed by atoms with Gasteiger partial charge in [-0.1, -0.05) is 35.9 Å². The number of alkyl halides is 3. The van der Waals surface area contributed by atoms with Crippen molar-refractivity contribution in [3.05, 3.63) is 71.0 Å². The van der Waals surface area contributed by atoms with Crippen LogP contribution in [0.5, 0.6) is 23.0 Å². The van der Waals surface area contributed by atoms with Crippen molar-refractivity contribution < 1.29 is 36.6 Å². The van der Waals surface area contributed by atoms with Gasteiger partial charge in [0.15, 0.2) is 11.5 Å². The van der Waals surface area contributed by atoms with E-state index in [1.807, 2.05) is 0 Å². The number of hydrogen-bond acceptors (Lipinski definition) is 4. The Hall–Kier alpha value is -3.26. The standard InChI is InChI=1S/C21H13ClF4O4/c1-28-18-10-15(30-21(24,25)26)6-7-17(18)29-19-9-14(22)8-16(23)20(19)13-4-2-12(11-27)3-5-13/h2-11H,1H3. The monoisotopic (exact) mass is 440 g/mol. The molecule has 0 unspecified atom stereocenters. The molecular formula is C21H13ClF4O4. The largest absolute Gasteiger partial charge is 0.573 e. The fraction of sp³-hybridized carbons (Fsp3) is 0.0952. The van der Waals surface area contributed by atoms with Crippen molar-refractivity contribution in [3.63, 3.8) is 0 Å². The molecule has 0 fully saturated rings. The molecule has 3 aromatic carbocycles. The van der Waals surface area contributed by atoms with Crippen LogP contribution in [0.25, 0.3) is 11.1 Å². The Bertz CT molecular complexity index is 1070. The Morgan fingerprint density at radius 2 is 1.63 bits per heavy atom. The van der Waals surface area contributed by atoms with E-state index in [2.05, 4.69) is 4.74 Å². The molecular weight excluding hydrogens is 428 g/mol. The molecule has 0 amide bonds.